The van der Waals surface area contributed by atoms with Gasteiger partial charge in [0.2, 0.25) is 11.8 Å². The highest BCUT2D eigenvalue weighted by Gasteiger charge is 2.03. The number of thioether (sulfide) groups is 1. The molecule has 1 aromatic rings. The lowest BCUT2D eigenvalue weighted by Gasteiger charge is -2.08. The van der Waals surface area contributed by atoms with Gasteiger partial charge in [-0.25, -0.2) is 0 Å². The largest absolute Gasteiger partial charge is 0.352 e. The van der Waals surface area contributed by atoms with Crippen LogP contribution >= 0.6 is 11.8 Å². The minimum Gasteiger partial charge on any atom is -0.352 e. The van der Waals surface area contributed by atoms with Crippen molar-refractivity contribution in [3.63, 3.8) is 0 Å². The summed E-state index contributed by atoms with van der Waals surface area (Å²) < 4.78 is 0. The third-order valence-corrected chi connectivity index (χ3v) is 4.39. The van der Waals surface area contributed by atoms with Crippen LogP contribution < -0.4 is 10.6 Å². The molecule has 0 aromatic heterocycles. The highest BCUT2D eigenvalue weighted by molar-refractivity contribution is 7.99. The fraction of sp³-hybridized carbons (Fsp3) is 0.556. The maximum Gasteiger partial charge on any atom is 0.224 e. The zero-order valence-corrected chi connectivity index (χ0v) is 15.0. The van der Waals surface area contributed by atoms with E-state index in [1.807, 2.05) is 43.0 Å². The number of carbonyl (C=O) groups is 2. The molecule has 0 saturated heterocycles. The second kappa shape index (κ2) is 12.0. The first-order chi connectivity index (χ1) is 11.2. The topological polar surface area (TPSA) is 58.2 Å². The van der Waals surface area contributed by atoms with Gasteiger partial charge in [0.1, 0.15) is 0 Å². The van der Waals surface area contributed by atoms with Crippen LogP contribution in [0.4, 0.5) is 5.69 Å². The number of hydrogen-bond acceptors (Lipinski definition) is 3. The Hall–Kier alpha value is -1.49. The first-order valence-electron chi connectivity index (χ1n) is 8.39. The SMILES string of the molecule is CCCCSCCC(=O)NCc1ccc(NC(=O)CCC)cc1. The standard InChI is InChI=1S/C18H28N2O2S/c1-3-5-12-23-13-11-17(21)19-14-15-7-9-16(10-8-15)20-18(22)6-4-2/h7-10H,3-6,11-14H2,1-2H3,(H,19,21)(H,20,22). The molecular formula is C18H28N2O2S. The molecule has 2 amide bonds. The molecular weight excluding hydrogens is 308 g/mol. The molecule has 0 atom stereocenters. The van der Waals surface area contributed by atoms with E-state index in [0.717, 1.165) is 29.2 Å². The van der Waals surface area contributed by atoms with Gasteiger partial charge in [0.05, 0.1) is 0 Å². The van der Waals surface area contributed by atoms with Crippen molar-refractivity contribution in [3.05, 3.63) is 29.8 Å². The van der Waals surface area contributed by atoms with E-state index in [9.17, 15) is 9.59 Å². The summed E-state index contributed by atoms with van der Waals surface area (Å²) in [5.74, 6) is 2.15. The lowest BCUT2D eigenvalue weighted by molar-refractivity contribution is -0.120. The lowest BCUT2D eigenvalue weighted by atomic mass is 10.2. The zero-order valence-electron chi connectivity index (χ0n) is 14.2. The van der Waals surface area contributed by atoms with E-state index in [1.165, 1.54) is 12.8 Å². The molecule has 0 aliphatic heterocycles. The van der Waals surface area contributed by atoms with Gasteiger partial charge in [0.15, 0.2) is 0 Å². The smallest absolute Gasteiger partial charge is 0.224 e. The minimum absolute atomic E-state index is 0.0362. The van der Waals surface area contributed by atoms with Crippen LogP contribution in [0.3, 0.4) is 0 Å². The Morgan fingerprint density at radius 3 is 2.35 bits per heavy atom. The summed E-state index contributed by atoms with van der Waals surface area (Å²) in [4.78, 5) is 23.3. The Balaban J connectivity index is 2.24. The van der Waals surface area contributed by atoms with E-state index >= 15 is 0 Å². The van der Waals surface area contributed by atoms with Gasteiger partial charge < -0.3 is 10.6 Å². The number of benzene rings is 1. The molecule has 1 rings (SSSR count). The summed E-state index contributed by atoms with van der Waals surface area (Å²) >= 11 is 1.84. The first kappa shape index (κ1) is 19.6. The number of amides is 2. The molecule has 2 N–H and O–H groups in total. The molecule has 0 heterocycles. The van der Waals surface area contributed by atoms with E-state index in [-0.39, 0.29) is 11.8 Å². The molecule has 0 fully saturated rings. The minimum atomic E-state index is 0.0362. The molecule has 0 aliphatic rings. The predicted molar refractivity (Wildman–Crippen MR) is 98.7 cm³/mol. The molecule has 0 aliphatic carbocycles. The van der Waals surface area contributed by atoms with E-state index in [1.54, 1.807) is 0 Å². The summed E-state index contributed by atoms with van der Waals surface area (Å²) in [5, 5.41) is 5.78. The van der Waals surface area contributed by atoms with Gasteiger partial charge in [-0.05, 0) is 36.3 Å². The van der Waals surface area contributed by atoms with Crippen molar-refractivity contribution in [2.24, 2.45) is 0 Å². The van der Waals surface area contributed by atoms with Gasteiger partial charge in [0, 0.05) is 30.8 Å². The summed E-state index contributed by atoms with van der Waals surface area (Å²) in [5.41, 5.74) is 1.83. The molecule has 0 bridgehead atoms. The Morgan fingerprint density at radius 1 is 0.957 bits per heavy atom. The summed E-state index contributed by atoms with van der Waals surface area (Å²) in [6, 6.07) is 7.60. The van der Waals surface area contributed by atoms with Crippen LogP contribution in [-0.4, -0.2) is 23.3 Å². The fourth-order valence-electron chi connectivity index (χ4n) is 1.96. The third-order valence-electron chi connectivity index (χ3n) is 3.32. The summed E-state index contributed by atoms with van der Waals surface area (Å²) in [6.45, 7) is 4.68. The van der Waals surface area contributed by atoms with Crippen LogP contribution in [0.1, 0.15) is 51.5 Å². The Morgan fingerprint density at radius 2 is 1.70 bits per heavy atom. The Kier molecular flexibility index (Phi) is 10.2. The maximum absolute atomic E-state index is 11.8. The summed E-state index contributed by atoms with van der Waals surface area (Å²) in [6.07, 6.45) is 4.36. The van der Waals surface area contributed by atoms with Crippen LogP contribution in [0.15, 0.2) is 24.3 Å². The monoisotopic (exact) mass is 336 g/mol. The van der Waals surface area contributed by atoms with E-state index in [4.69, 9.17) is 0 Å². The predicted octanol–water partition coefficient (Wildman–Crippen LogP) is 3.96. The van der Waals surface area contributed by atoms with Gasteiger partial charge in [-0.15, -0.1) is 0 Å². The second-order valence-electron chi connectivity index (χ2n) is 5.49. The molecule has 5 heteroatoms. The van der Waals surface area contributed by atoms with Crippen molar-refractivity contribution in [2.45, 2.75) is 52.5 Å². The van der Waals surface area contributed by atoms with Crippen molar-refractivity contribution < 1.29 is 9.59 Å². The Bertz CT molecular complexity index is 474. The lowest BCUT2D eigenvalue weighted by Crippen LogP contribution is -2.23. The average molecular weight is 337 g/mol. The number of unbranched alkanes of at least 4 members (excludes halogenated alkanes) is 1. The molecule has 0 unspecified atom stereocenters. The fourth-order valence-corrected chi connectivity index (χ4v) is 2.99. The average Bonchev–Trinajstić information content (AvgIpc) is 2.54. The van der Waals surface area contributed by atoms with Crippen molar-refractivity contribution in [1.82, 2.24) is 5.32 Å². The zero-order chi connectivity index (χ0) is 16.9. The first-order valence-corrected chi connectivity index (χ1v) is 9.54. The van der Waals surface area contributed by atoms with Crippen molar-refractivity contribution in [1.29, 1.82) is 0 Å². The molecule has 0 spiro atoms. The normalized spacial score (nSPS) is 10.3. The molecule has 23 heavy (non-hydrogen) atoms. The number of carbonyl (C=O) groups excluding carboxylic acids is 2. The molecule has 1 aromatic carbocycles. The van der Waals surface area contributed by atoms with Crippen LogP contribution in [0.2, 0.25) is 0 Å². The van der Waals surface area contributed by atoms with Gasteiger partial charge >= 0.3 is 0 Å². The van der Waals surface area contributed by atoms with E-state index in [0.29, 0.717) is 19.4 Å². The quantitative estimate of drug-likeness (QED) is 0.601. The van der Waals surface area contributed by atoms with Crippen LogP contribution in [-0.2, 0) is 16.1 Å². The van der Waals surface area contributed by atoms with E-state index < -0.39 is 0 Å². The molecule has 0 radical (unpaired) electrons. The van der Waals surface area contributed by atoms with Gasteiger partial charge in [-0.3, -0.25) is 9.59 Å². The summed E-state index contributed by atoms with van der Waals surface area (Å²) in [7, 11) is 0. The second-order valence-corrected chi connectivity index (χ2v) is 6.71. The van der Waals surface area contributed by atoms with E-state index in [2.05, 4.69) is 17.6 Å². The third kappa shape index (κ3) is 9.29. The van der Waals surface area contributed by atoms with Gasteiger partial charge in [0.25, 0.3) is 0 Å². The number of rotatable bonds is 11. The molecule has 4 nitrogen and oxygen atoms in total. The van der Waals surface area contributed by atoms with Gasteiger partial charge in [-0.2, -0.15) is 11.8 Å². The van der Waals surface area contributed by atoms with Crippen molar-refractivity contribution >= 4 is 29.3 Å². The van der Waals surface area contributed by atoms with Gasteiger partial charge in [-0.1, -0.05) is 32.4 Å². The number of anilines is 1. The number of nitrogens with one attached hydrogen (secondary N) is 2. The molecule has 128 valence electrons. The highest BCUT2D eigenvalue weighted by atomic mass is 32.2. The van der Waals surface area contributed by atoms with Crippen LogP contribution in [0.25, 0.3) is 0 Å². The maximum atomic E-state index is 11.8. The van der Waals surface area contributed by atoms with Crippen molar-refractivity contribution in [2.75, 3.05) is 16.8 Å². The highest BCUT2D eigenvalue weighted by Crippen LogP contribution is 2.10. The van der Waals surface area contributed by atoms with Crippen LogP contribution in [0, 0.1) is 0 Å². The van der Waals surface area contributed by atoms with Crippen molar-refractivity contribution in [3.8, 4) is 0 Å². The van der Waals surface area contributed by atoms with Crippen LogP contribution in [0.5, 0.6) is 0 Å². The Labute approximate surface area is 143 Å². The number of hydrogen-bond donors (Lipinski definition) is 2. The molecule has 0 saturated carbocycles.